The number of sulfonamides is 1. The fraction of sp³-hybridized carbons (Fsp3) is 0.192. The first kappa shape index (κ1) is 26.9. The average Bonchev–Trinajstić information content (AvgIpc) is 3.25. The summed E-state index contributed by atoms with van der Waals surface area (Å²) in [7, 11) is -2.10. The lowest BCUT2D eigenvalue weighted by Crippen LogP contribution is -2.17. The van der Waals surface area contributed by atoms with Crippen LogP contribution >= 0.6 is 0 Å². The summed E-state index contributed by atoms with van der Waals surface area (Å²) in [5, 5.41) is 3.52. The summed E-state index contributed by atoms with van der Waals surface area (Å²) in [5.41, 5.74) is 2.94. The van der Waals surface area contributed by atoms with E-state index in [-0.39, 0.29) is 17.4 Å². The molecule has 1 heterocycles. The van der Waals surface area contributed by atoms with E-state index in [9.17, 15) is 26.4 Å². The molecule has 8 nitrogen and oxygen atoms in total. The number of nitrogens with one attached hydrogen (secondary N) is 3. The number of ether oxygens (including phenoxy) is 2. The zero-order valence-corrected chi connectivity index (χ0v) is 21.3. The Hall–Kier alpha value is -4.19. The van der Waals surface area contributed by atoms with Gasteiger partial charge in [-0.2, -0.15) is 0 Å². The molecule has 0 radical (unpaired) electrons. The lowest BCUT2D eigenvalue weighted by Gasteiger charge is -2.17. The molecular formula is C26H24F3N3O5S. The molecule has 3 aromatic carbocycles. The quantitative estimate of drug-likeness (QED) is 0.256. The summed E-state index contributed by atoms with van der Waals surface area (Å²) in [6, 6.07) is 17.5. The van der Waals surface area contributed by atoms with Crippen LogP contribution in [0.15, 0.2) is 66.7 Å². The molecule has 0 saturated heterocycles. The topological polar surface area (TPSA) is 110 Å². The van der Waals surface area contributed by atoms with Gasteiger partial charge in [0.2, 0.25) is 10.0 Å². The number of anilines is 2. The van der Waals surface area contributed by atoms with Crippen molar-refractivity contribution in [3.8, 4) is 11.5 Å². The predicted molar refractivity (Wildman–Crippen MR) is 138 cm³/mol. The van der Waals surface area contributed by atoms with E-state index in [0.717, 1.165) is 17.9 Å². The zero-order chi connectivity index (χ0) is 27.7. The van der Waals surface area contributed by atoms with E-state index in [2.05, 4.69) is 19.8 Å². The van der Waals surface area contributed by atoms with Gasteiger partial charge in [0.15, 0.2) is 0 Å². The lowest BCUT2D eigenvalue weighted by atomic mass is 9.92. The Labute approximate surface area is 216 Å². The monoisotopic (exact) mass is 547 g/mol. The molecule has 1 atom stereocenters. The molecular weight excluding hydrogens is 523 g/mol. The first-order valence-electron chi connectivity index (χ1n) is 11.3. The van der Waals surface area contributed by atoms with Crippen LogP contribution in [0.3, 0.4) is 0 Å². The molecule has 12 heteroatoms. The third-order valence-electron chi connectivity index (χ3n) is 5.69. The van der Waals surface area contributed by atoms with Gasteiger partial charge in [-0.25, -0.2) is 8.42 Å². The van der Waals surface area contributed by atoms with Gasteiger partial charge in [0.25, 0.3) is 5.91 Å². The first-order valence-corrected chi connectivity index (χ1v) is 13.2. The number of alkyl halides is 3. The molecule has 1 aromatic heterocycles. The van der Waals surface area contributed by atoms with Crippen LogP contribution in [-0.2, 0) is 10.0 Å². The Bertz CT molecular complexity index is 1600. The second kappa shape index (κ2) is 10.3. The number of carbonyl (C=O) groups is 1. The van der Waals surface area contributed by atoms with Crippen molar-refractivity contribution in [3.05, 3.63) is 83.6 Å². The molecule has 0 aliphatic rings. The van der Waals surface area contributed by atoms with E-state index in [0.29, 0.717) is 27.8 Å². The second-order valence-electron chi connectivity index (χ2n) is 8.65. The van der Waals surface area contributed by atoms with Crippen LogP contribution in [-0.4, -0.2) is 39.0 Å². The highest BCUT2D eigenvalue weighted by Crippen LogP contribution is 2.34. The maximum atomic E-state index is 12.9. The Morgan fingerprint density at radius 2 is 1.68 bits per heavy atom. The van der Waals surface area contributed by atoms with Gasteiger partial charge in [-0.15, -0.1) is 13.2 Å². The van der Waals surface area contributed by atoms with Crippen molar-refractivity contribution in [1.29, 1.82) is 0 Å². The molecule has 0 fully saturated rings. The number of aromatic nitrogens is 1. The van der Waals surface area contributed by atoms with Crippen molar-refractivity contribution in [2.45, 2.75) is 19.2 Å². The van der Waals surface area contributed by atoms with Crippen LogP contribution in [0, 0.1) is 0 Å². The third kappa shape index (κ3) is 6.76. The van der Waals surface area contributed by atoms with Gasteiger partial charge in [-0.05, 0) is 53.6 Å². The maximum absolute atomic E-state index is 12.9. The van der Waals surface area contributed by atoms with Crippen LogP contribution in [0.1, 0.15) is 34.5 Å². The van der Waals surface area contributed by atoms with E-state index < -0.39 is 28.0 Å². The summed E-state index contributed by atoms with van der Waals surface area (Å²) in [6.07, 6.45) is -3.80. The number of aromatic amines is 1. The van der Waals surface area contributed by atoms with Crippen molar-refractivity contribution in [2.24, 2.45) is 0 Å². The molecule has 200 valence electrons. The maximum Gasteiger partial charge on any atom is 0.573 e. The summed E-state index contributed by atoms with van der Waals surface area (Å²) >= 11 is 0. The molecule has 1 unspecified atom stereocenters. The van der Waals surface area contributed by atoms with Crippen LogP contribution in [0.25, 0.3) is 10.9 Å². The largest absolute Gasteiger partial charge is 0.573 e. The van der Waals surface area contributed by atoms with Crippen molar-refractivity contribution in [2.75, 3.05) is 23.4 Å². The summed E-state index contributed by atoms with van der Waals surface area (Å²) in [5.74, 6) is -0.958. The van der Waals surface area contributed by atoms with E-state index in [1.807, 2.05) is 6.92 Å². The molecule has 4 rings (SSSR count). The number of hydrogen-bond donors (Lipinski definition) is 3. The number of fused-ring (bicyclic) bond motifs is 1. The number of halogens is 3. The number of benzene rings is 3. The highest BCUT2D eigenvalue weighted by Gasteiger charge is 2.31. The third-order valence-corrected chi connectivity index (χ3v) is 6.29. The van der Waals surface area contributed by atoms with Crippen LogP contribution in [0.4, 0.5) is 24.5 Å². The standard InChI is InChI=1S/C26H24F3N3O5S/c1-15(18-10-21(36-2)14-22(11-18)37-26(27,28)29)16-5-4-6-19(9-16)30-25(33)24-12-17-7-8-20(13-23(17)31-24)32-38(3,34)35/h4-15,31-32H,1-3H3,(H,30,33). The van der Waals surface area contributed by atoms with Gasteiger partial charge in [0, 0.05) is 28.6 Å². The van der Waals surface area contributed by atoms with Crippen LogP contribution in [0.2, 0.25) is 0 Å². The number of H-pyrrole nitrogens is 1. The van der Waals surface area contributed by atoms with Gasteiger partial charge >= 0.3 is 6.36 Å². The molecule has 0 bridgehead atoms. The Kier molecular flexibility index (Phi) is 7.27. The van der Waals surface area contributed by atoms with Gasteiger partial charge in [0.05, 0.1) is 19.1 Å². The molecule has 4 aromatic rings. The van der Waals surface area contributed by atoms with E-state index >= 15 is 0 Å². The molecule has 3 N–H and O–H groups in total. The Morgan fingerprint density at radius 1 is 0.947 bits per heavy atom. The number of hydrogen-bond acceptors (Lipinski definition) is 5. The second-order valence-corrected chi connectivity index (χ2v) is 10.4. The van der Waals surface area contributed by atoms with Crippen LogP contribution < -0.4 is 19.5 Å². The summed E-state index contributed by atoms with van der Waals surface area (Å²) in [4.78, 5) is 15.9. The minimum absolute atomic E-state index is 0.215. The lowest BCUT2D eigenvalue weighted by molar-refractivity contribution is -0.274. The van der Waals surface area contributed by atoms with E-state index in [4.69, 9.17) is 4.74 Å². The minimum atomic E-state index is -4.84. The number of amides is 1. The molecule has 0 aliphatic heterocycles. The predicted octanol–water partition coefficient (Wildman–Crippen LogP) is 5.85. The smallest absolute Gasteiger partial charge is 0.497 e. The van der Waals surface area contributed by atoms with Crippen molar-refractivity contribution >= 4 is 38.2 Å². The van der Waals surface area contributed by atoms with Gasteiger partial charge in [-0.3, -0.25) is 9.52 Å². The number of rotatable bonds is 8. The highest BCUT2D eigenvalue weighted by atomic mass is 32.2. The van der Waals surface area contributed by atoms with Gasteiger partial charge in [0.1, 0.15) is 17.2 Å². The average molecular weight is 548 g/mol. The fourth-order valence-corrected chi connectivity index (χ4v) is 4.51. The van der Waals surface area contributed by atoms with Crippen molar-refractivity contribution < 1.29 is 35.9 Å². The van der Waals surface area contributed by atoms with Gasteiger partial charge < -0.3 is 19.8 Å². The van der Waals surface area contributed by atoms with E-state index in [1.165, 1.54) is 13.2 Å². The van der Waals surface area contributed by atoms with Gasteiger partial charge in [-0.1, -0.05) is 25.1 Å². The van der Waals surface area contributed by atoms with Crippen molar-refractivity contribution in [1.82, 2.24) is 4.98 Å². The minimum Gasteiger partial charge on any atom is -0.497 e. The molecule has 0 aliphatic carbocycles. The zero-order valence-electron chi connectivity index (χ0n) is 20.5. The number of carbonyl (C=O) groups excluding carboxylic acids is 1. The summed E-state index contributed by atoms with van der Waals surface area (Å²) < 4.78 is 72.9. The fourth-order valence-electron chi connectivity index (χ4n) is 3.96. The molecule has 1 amide bonds. The molecule has 0 spiro atoms. The Balaban J connectivity index is 1.54. The molecule has 38 heavy (non-hydrogen) atoms. The van der Waals surface area contributed by atoms with E-state index in [1.54, 1.807) is 54.6 Å². The normalized spacial score (nSPS) is 12.7. The highest BCUT2D eigenvalue weighted by molar-refractivity contribution is 7.92. The van der Waals surface area contributed by atoms with Crippen molar-refractivity contribution in [3.63, 3.8) is 0 Å². The number of methoxy groups -OCH3 is 1. The van der Waals surface area contributed by atoms with Crippen LogP contribution in [0.5, 0.6) is 11.5 Å². The molecule has 0 saturated carbocycles. The Morgan fingerprint density at radius 3 is 2.37 bits per heavy atom. The first-order chi connectivity index (χ1) is 17.8. The SMILES string of the molecule is COc1cc(OC(F)(F)F)cc(C(C)c2cccc(NC(=O)c3cc4ccc(NS(C)(=O)=O)cc4[nH]3)c2)c1. The summed E-state index contributed by atoms with van der Waals surface area (Å²) in [6.45, 7) is 1.81.